The van der Waals surface area contributed by atoms with Crippen molar-refractivity contribution in [3.63, 3.8) is 0 Å². The second kappa shape index (κ2) is 6.14. The Kier molecular flexibility index (Phi) is 4.06. The standard InChI is InChI=1S/C17H18FNO2/c18-14-5-6-17-13(9-14)10-15(21-17)11-20-8-7-12-3-1-2-4-16(12)19/h1-6,9,15H,7-8,10-11,19H2. The molecule has 4 heteroatoms. The first kappa shape index (κ1) is 13.9. The highest BCUT2D eigenvalue weighted by Crippen LogP contribution is 2.29. The van der Waals surface area contributed by atoms with E-state index in [1.807, 2.05) is 24.3 Å². The van der Waals surface area contributed by atoms with Gasteiger partial charge in [0, 0.05) is 17.7 Å². The first-order valence-electron chi connectivity index (χ1n) is 7.08. The average Bonchev–Trinajstić information content (AvgIpc) is 2.87. The molecular weight excluding hydrogens is 269 g/mol. The summed E-state index contributed by atoms with van der Waals surface area (Å²) in [6, 6.07) is 12.4. The van der Waals surface area contributed by atoms with Crippen LogP contribution in [0.15, 0.2) is 42.5 Å². The third-order valence-electron chi connectivity index (χ3n) is 3.64. The Bertz CT molecular complexity index is 630. The van der Waals surface area contributed by atoms with Crippen molar-refractivity contribution in [2.45, 2.75) is 18.9 Å². The average molecular weight is 287 g/mol. The minimum absolute atomic E-state index is 0.0325. The van der Waals surface area contributed by atoms with Gasteiger partial charge in [-0.2, -0.15) is 0 Å². The summed E-state index contributed by atoms with van der Waals surface area (Å²) in [6.45, 7) is 1.10. The van der Waals surface area contributed by atoms with Crippen molar-refractivity contribution in [3.05, 3.63) is 59.4 Å². The normalized spacial score (nSPS) is 16.5. The first-order chi connectivity index (χ1) is 10.2. The molecule has 0 saturated carbocycles. The number of hydrogen-bond donors (Lipinski definition) is 1. The molecule has 0 bridgehead atoms. The number of nitrogens with two attached hydrogens (primary N) is 1. The molecule has 1 heterocycles. The third-order valence-corrected chi connectivity index (χ3v) is 3.64. The zero-order chi connectivity index (χ0) is 14.7. The van der Waals surface area contributed by atoms with E-state index in [2.05, 4.69) is 0 Å². The number of fused-ring (bicyclic) bond motifs is 1. The fraction of sp³-hybridized carbons (Fsp3) is 0.294. The molecule has 0 amide bonds. The molecule has 1 unspecified atom stereocenters. The Hall–Kier alpha value is -2.07. The van der Waals surface area contributed by atoms with Gasteiger partial charge < -0.3 is 15.2 Å². The predicted octanol–water partition coefficient (Wildman–Crippen LogP) is 2.97. The lowest BCUT2D eigenvalue weighted by atomic mass is 10.1. The Labute approximate surface area is 123 Å². The van der Waals surface area contributed by atoms with Crippen LogP contribution in [0.1, 0.15) is 11.1 Å². The van der Waals surface area contributed by atoms with Gasteiger partial charge >= 0.3 is 0 Å². The Balaban J connectivity index is 1.44. The van der Waals surface area contributed by atoms with Gasteiger partial charge in [0.15, 0.2) is 0 Å². The maximum Gasteiger partial charge on any atom is 0.126 e. The van der Waals surface area contributed by atoms with Crippen LogP contribution in [-0.4, -0.2) is 19.3 Å². The minimum atomic E-state index is -0.224. The van der Waals surface area contributed by atoms with Crippen LogP contribution in [-0.2, 0) is 17.6 Å². The van der Waals surface area contributed by atoms with Crippen molar-refractivity contribution < 1.29 is 13.9 Å². The maximum atomic E-state index is 13.1. The van der Waals surface area contributed by atoms with Crippen LogP contribution in [0.5, 0.6) is 5.75 Å². The number of halogens is 1. The van der Waals surface area contributed by atoms with Gasteiger partial charge in [-0.15, -0.1) is 0 Å². The van der Waals surface area contributed by atoms with Gasteiger partial charge in [-0.3, -0.25) is 0 Å². The number of ether oxygens (including phenoxy) is 2. The van der Waals surface area contributed by atoms with Gasteiger partial charge in [0.2, 0.25) is 0 Å². The van der Waals surface area contributed by atoms with E-state index in [-0.39, 0.29) is 11.9 Å². The molecule has 3 rings (SSSR count). The molecule has 1 aliphatic rings. The molecule has 0 saturated heterocycles. The zero-order valence-corrected chi connectivity index (χ0v) is 11.7. The molecule has 0 fully saturated rings. The highest BCUT2D eigenvalue weighted by Gasteiger charge is 2.23. The Morgan fingerprint density at radius 3 is 2.95 bits per heavy atom. The van der Waals surface area contributed by atoms with Gasteiger partial charge in [0.25, 0.3) is 0 Å². The molecule has 110 valence electrons. The molecule has 1 atom stereocenters. The predicted molar refractivity (Wildman–Crippen MR) is 79.9 cm³/mol. The quantitative estimate of drug-likeness (QED) is 0.679. The fourth-order valence-corrected chi connectivity index (χ4v) is 2.54. The summed E-state index contributed by atoms with van der Waals surface area (Å²) in [5, 5.41) is 0. The van der Waals surface area contributed by atoms with E-state index < -0.39 is 0 Å². The minimum Gasteiger partial charge on any atom is -0.487 e. The molecule has 2 N–H and O–H groups in total. The third kappa shape index (κ3) is 3.34. The number of hydrogen-bond acceptors (Lipinski definition) is 3. The maximum absolute atomic E-state index is 13.1. The second-order valence-electron chi connectivity index (χ2n) is 5.22. The summed E-state index contributed by atoms with van der Waals surface area (Å²) in [6.07, 6.45) is 1.44. The van der Waals surface area contributed by atoms with E-state index in [4.69, 9.17) is 15.2 Å². The van der Waals surface area contributed by atoms with Crippen LogP contribution < -0.4 is 10.5 Å². The molecule has 3 nitrogen and oxygen atoms in total. The van der Waals surface area contributed by atoms with E-state index in [0.29, 0.717) is 19.6 Å². The SMILES string of the molecule is Nc1ccccc1CCOCC1Cc2cc(F)ccc2O1. The van der Waals surface area contributed by atoms with E-state index in [9.17, 15) is 4.39 Å². The van der Waals surface area contributed by atoms with Crippen LogP contribution >= 0.6 is 0 Å². The van der Waals surface area contributed by atoms with Gasteiger partial charge in [0.05, 0.1) is 13.2 Å². The molecule has 21 heavy (non-hydrogen) atoms. The van der Waals surface area contributed by atoms with E-state index in [1.165, 1.54) is 12.1 Å². The Morgan fingerprint density at radius 2 is 2.10 bits per heavy atom. The number of rotatable bonds is 5. The van der Waals surface area contributed by atoms with Crippen molar-refractivity contribution in [2.75, 3.05) is 18.9 Å². The van der Waals surface area contributed by atoms with E-state index in [1.54, 1.807) is 6.07 Å². The van der Waals surface area contributed by atoms with Crippen LogP contribution in [0, 0.1) is 5.82 Å². The fourth-order valence-electron chi connectivity index (χ4n) is 2.54. The summed E-state index contributed by atoms with van der Waals surface area (Å²) < 4.78 is 24.5. The molecule has 0 radical (unpaired) electrons. The van der Waals surface area contributed by atoms with Gasteiger partial charge in [-0.25, -0.2) is 4.39 Å². The highest BCUT2D eigenvalue weighted by molar-refractivity contribution is 5.46. The summed E-state index contributed by atoms with van der Waals surface area (Å²) in [4.78, 5) is 0. The summed E-state index contributed by atoms with van der Waals surface area (Å²) in [7, 11) is 0. The van der Waals surface area contributed by atoms with Crippen molar-refractivity contribution in [1.82, 2.24) is 0 Å². The van der Waals surface area contributed by atoms with E-state index in [0.717, 1.165) is 29.0 Å². The van der Waals surface area contributed by atoms with Crippen molar-refractivity contribution in [1.29, 1.82) is 0 Å². The lowest BCUT2D eigenvalue weighted by Gasteiger charge is -2.11. The largest absolute Gasteiger partial charge is 0.487 e. The first-order valence-corrected chi connectivity index (χ1v) is 7.08. The molecule has 0 spiro atoms. The van der Waals surface area contributed by atoms with Crippen LogP contribution in [0.25, 0.3) is 0 Å². The van der Waals surface area contributed by atoms with Crippen molar-refractivity contribution in [3.8, 4) is 5.75 Å². The molecule has 0 aromatic heterocycles. The number of nitrogen functional groups attached to an aromatic ring is 1. The molecular formula is C17H18FNO2. The van der Waals surface area contributed by atoms with Crippen LogP contribution in [0.3, 0.4) is 0 Å². The highest BCUT2D eigenvalue weighted by atomic mass is 19.1. The molecule has 2 aromatic carbocycles. The molecule has 2 aromatic rings. The van der Waals surface area contributed by atoms with Gasteiger partial charge in [-0.1, -0.05) is 18.2 Å². The summed E-state index contributed by atoms with van der Waals surface area (Å²) >= 11 is 0. The number of benzene rings is 2. The lowest BCUT2D eigenvalue weighted by molar-refractivity contribution is 0.0622. The number of para-hydroxylation sites is 1. The zero-order valence-electron chi connectivity index (χ0n) is 11.7. The summed E-state index contributed by atoms with van der Waals surface area (Å²) in [5.41, 5.74) is 8.68. The van der Waals surface area contributed by atoms with Crippen molar-refractivity contribution in [2.24, 2.45) is 0 Å². The smallest absolute Gasteiger partial charge is 0.126 e. The molecule has 0 aliphatic carbocycles. The lowest BCUT2D eigenvalue weighted by Crippen LogP contribution is -2.21. The van der Waals surface area contributed by atoms with Crippen LogP contribution in [0.4, 0.5) is 10.1 Å². The van der Waals surface area contributed by atoms with Crippen molar-refractivity contribution >= 4 is 5.69 Å². The second-order valence-corrected chi connectivity index (χ2v) is 5.22. The topological polar surface area (TPSA) is 44.5 Å². The monoisotopic (exact) mass is 287 g/mol. The summed E-state index contributed by atoms with van der Waals surface area (Å²) in [5.74, 6) is 0.538. The van der Waals surface area contributed by atoms with Gasteiger partial charge in [0.1, 0.15) is 17.7 Å². The number of anilines is 1. The van der Waals surface area contributed by atoms with E-state index >= 15 is 0 Å². The van der Waals surface area contributed by atoms with Crippen LogP contribution in [0.2, 0.25) is 0 Å². The van der Waals surface area contributed by atoms with Gasteiger partial charge in [-0.05, 0) is 36.2 Å². The molecule has 1 aliphatic heterocycles. The Morgan fingerprint density at radius 1 is 1.24 bits per heavy atom.